The molecule has 0 spiro atoms. The van der Waals surface area contributed by atoms with Crippen LogP contribution in [-0.4, -0.2) is 29.2 Å². The fourth-order valence-corrected chi connectivity index (χ4v) is 2.85. The Morgan fingerprint density at radius 3 is 2.62 bits per heavy atom. The third-order valence-corrected chi connectivity index (χ3v) is 4.09. The molecule has 0 radical (unpaired) electrons. The Morgan fingerprint density at radius 2 is 1.88 bits per heavy atom. The molecule has 2 aromatic rings. The maximum absolute atomic E-state index is 12.5. The van der Waals surface area contributed by atoms with Crippen LogP contribution in [0.3, 0.4) is 0 Å². The molecule has 0 aliphatic carbocycles. The highest BCUT2D eigenvalue weighted by atomic mass is 16.2. The molecule has 0 unspecified atom stereocenters. The van der Waals surface area contributed by atoms with Crippen LogP contribution in [0, 0.1) is 13.8 Å². The molecule has 5 heteroatoms. The van der Waals surface area contributed by atoms with Crippen molar-refractivity contribution >= 4 is 23.4 Å². The maximum atomic E-state index is 12.5. The van der Waals surface area contributed by atoms with E-state index in [2.05, 4.69) is 5.32 Å². The van der Waals surface area contributed by atoms with Gasteiger partial charge >= 0.3 is 0 Å². The van der Waals surface area contributed by atoms with Crippen LogP contribution >= 0.6 is 0 Å². The highest BCUT2D eigenvalue weighted by Gasteiger charge is 2.31. The quantitative estimate of drug-likeness (QED) is 0.883. The number of imide groups is 1. The number of aryl methyl sites for hydroxylation is 2. The van der Waals surface area contributed by atoms with Crippen LogP contribution in [-0.2, 0) is 16.0 Å². The van der Waals surface area contributed by atoms with Gasteiger partial charge in [0, 0.05) is 11.3 Å². The van der Waals surface area contributed by atoms with Crippen molar-refractivity contribution in [1.29, 1.82) is 0 Å². The Kier molecular flexibility index (Phi) is 4.16. The van der Waals surface area contributed by atoms with Crippen LogP contribution in [0.2, 0.25) is 0 Å². The number of hydrogen-bond donors (Lipinski definition) is 1. The van der Waals surface area contributed by atoms with Crippen molar-refractivity contribution in [2.24, 2.45) is 0 Å². The van der Waals surface area contributed by atoms with E-state index >= 15 is 0 Å². The number of rotatable bonds is 3. The van der Waals surface area contributed by atoms with Crippen molar-refractivity contribution in [3.8, 4) is 0 Å². The third-order valence-electron chi connectivity index (χ3n) is 4.09. The Balaban J connectivity index is 1.75. The Labute approximate surface area is 140 Å². The SMILES string of the molecule is Cc1ccc(NC(=O)CN2C(=O)Cc3ccccc3C2=O)c(C)c1. The lowest BCUT2D eigenvalue weighted by Crippen LogP contribution is -2.46. The standard InChI is InChI=1S/C19H18N2O3/c1-12-7-8-16(13(2)9-12)20-17(22)11-21-18(23)10-14-5-3-4-6-15(14)19(21)24/h3-9H,10-11H2,1-2H3,(H,20,22). The second kappa shape index (κ2) is 6.28. The van der Waals surface area contributed by atoms with Crippen LogP contribution < -0.4 is 5.32 Å². The van der Waals surface area contributed by atoms with Crippen molar-refractivity contribution in [1.82, 2.24) is 4.90 Å². The van der Waals surface area contributed by atoms with E-state index in [1.165, 1.54) is 0 Å². The summed E-state index contributed by atoms with van der Waals surface area (Å²) in [6.45, 7) is 3.59. The molecule has 2 aromatic carbocycles. The number of carbonyl (C=O) groups excluding carboxylic acids is 3. The molecular formula is C19H18N2O3. The number of nitrogens with one attached hydrogen (secondary N) is 1. The van der Waals surface area contributed by atoms with E-state index in [-0.39, 0.29) is 24.8 Å². The highest BCUT2D eigenvalue weighted by molar-refractivity contribution is 6.12. The summed E-state index contributed by atoms with van der Waals surface area (Å²) in [5, 5.41) is 2.76. The molecule has 1 aliphatic rings. The fraction of sp³-hybridized carbons (Fsp3) is 0.211. The number of carbonyl (C=O) groups is 3. The average molecular weight is 322 g/mol. The van der Waals surface area contributed by atoms with Gasteiger partial charge in [0.1, 0.15) is 6.54 Å². The van der Waals surface area contributed by atoms with Crippen LogP contribution in [0.25, 0.3) is 0 Å². The summed E-state index contributed by atoms with van der Waals surface area (Å²) in [7, 11) is 0. The van der Waals surface area contributed by atoms with Gasteiger partial charge in [-0.3, -0.25) is 19.3 Å². The summed E-state index contributed by atoms with van der Waals surface area (Å²) in [6, 6.07) is 12.7. The third kappa shape index (κ3) is 3.06. The first-order valence-corrected chi connectivity index (χ1v) is 7.75. The minimum absolute atomic E-state index is 0.138. The molecule has 3 amide bonds. The summed E-state index contributed by atoms with van der Waals surface area (Å²) >= 11 is 0. The first-order chi connectivity index (χ1) is 11.5. The molecule has 24 heavy (non-hydrogen) atoms. The molecule has 1 heterocycles. The minimum Gasteiger partial charge on any atom is -0.324 e. The van der Waals surface area contributed by atoms with E-state index in [4.69, 9.17) is 0 Å². The predicted octanol–water partition coefficient (Wildman–Crippen LogP) is 2.47. The van der Waals surface area contributed by atoms with Crippen molar-refractivity contribution in [2.75, 3.05) is 11.9 Å². The van der Waals surface area contributed by atoms with Gasteiger partial charge in [0.15, 0.2) is 0 Å². The van der Waals surface area contributed by atoms with Gasteiger partial charge in [0.2, 0.25) is 11.8 Å². The van der Waals surface area contributed by atoms with Gasteiger partial charge in [-0.1, -0.05) is 35.9 Å². The number of fused-ring (bicyclic) bond motifs is 1. The number of anilines is 1. The smallest absolute Gasteiger partial charge is 0.261 e. The van der Waals surface area contributed by atoms with Gasteiger partial charge in [-0.25, -0.2) is 0 Å². The zero-order valence-electron chi connectivity index (χ0n) is 13.6. The summed E-state index contributed by atoms with van der Waals surface area (Å²) in [6.07, 6.45) is 0.138. The molecule has 1 aliphatic heterocycles. The molecule has 122 valence electrons. The first kappa shape index (κ1) is 15.9. The first-order valence-electron chi connectivity index (χ1n) is 7.75. The number of amides is 3. The summed E-state index contributed by atoms with van der Waals surface area (Å²) in [5.41, 5.74) is 3.91. The fourth-order valence-electron chi connectivity index (χ4n) is 2.85. The topological polar surface area (TPSA) is 66.5 Å². The Morgan fingerprint density at radius 1 is 1.12 bits per heavy atom. The zero-order chi connectivity index (χ0) is 17.3. The monoisotopic (exact) mass is 322 g/mol. The van der Waals surface area contributed by atoms with E-state index in [0.717, 1.165) is 16.0 Å². The molecule has 0 saturated carbocycles. The van der Waals surface area contributed by atoms with Gasteiger partial charge in [-0.15, -0.1) is 0 Å². The Hall–Kier alpha value is -2.95. The lowest BCUT2D eigenvalue weighted by Gasteiger charge is -2.26. The van der Waals surface area contributed by atoms with Gasteiger partial charge in [0.05, 0.1) is 6.42 Å². The minimum atomic E-state index is -0.419. The van der Waals surface area contributed by atoms with Crippen LogP contribution in [0.4, 0.5) is 5.69 Å². The number of nitrogens with zero attached hydrogens (tertiary/aromatic N) is 1. The van der Waals surface area contributed by atoms with Crippen LogP contribution in [0.15, 0.2) is 42.5 Å². The summed E-state index contributed by atoms with van der Waals surface area (Å²) < 4.78 is 0. The van der Waals surface area contributed by atoms with E-state index in [1.54, 1.807) is 24.3 Å². The molecule has 5 nitrogen and oxygen atoms in total. The van der Waals surface area contributed by atoms with Gasteiger partial charge in [-0.05, 0) is 37.1 Å². The zero-order valence-corrected chi connectivity index (χ0v) is 13.6. The van der Waals surface area contributed by atoms with Crippen molar-refractivity contribution in [2.45, 2.75) is 20.3 Å². The molecule has 1 N–H and O–H groups in total. The van der Waals surface area contributed by atoms with Crippen LogP contribution in [0.5, 0.6) is 0 Å². The van der Waals surface area contributed by atoms with E-state index < -0.39 is 5.91 Å². The summed E-state index contributed by atoms with van der Waals surface area (Å²) in [4.78, 5) is 37.9. The summed E-state index contributed by atoms with van der Waals surface area (Å²) in [5.74, 6) is -1.16. The van der Waals surface area contributed by atoms with Crippen LogP contribution in [0.1, 0.15) is 27.0 Å². The second-order valence-electron chi connectivity index (χ2n) is 5.99. The largest absolute Gasteiger partial charge is 0.324 e. The normalized spacial score (nSPS) is 13.7. The molecule has 0 saturated heterocycles. The molecule has 0 bridgehead atoms. The number of hydrogen-bond acceptors (Lipinski definition) is 3. The van der Waals surface area contributed by atoms with Gasteiger partial charge in [-0.2, -0.15) is 0 Å². The second-order valence-corrected chi connectivity index (χ2v) is 5.99. The molecule has 0 fully saturated rings. The number of benzene rings is 2. The van der Waals surface area contributed by atoms with Crippen molar-refractivity contribution < 1.29 is 14.4 Å². The van der Waals surface area contributed by atoms with Gasteiger partial charge < -0.3 is 5.32 Å². The maximum Gasteiger partial charge on any atom is 0.261 e. The molecular weight excluding hydrogens is 304 g/mol. The molecule has 0 atom stereocenters. The predicted molar refractivity (Wildman–Crippen MR) is 90.7 cm³/mol. The van der Waals surface area contributed by atoms with E-state index in [0.29, 0.717) is 16.8 Å². The highest BCUT2D eigenvalue weighted by Crippen LogP contribution is 2.20. The molecule has 3 rings (SSSR count). The Bertz CT molecular complexity index is 842. The van der Waals surface area contributed by atoms with E-state index in [1.807, 2.05) is 32.0 Å². The van der Waals surface area contributed by atoms with Crippen molar-refractivity contribution in [3.63, 3.8) is 0 Å². The van der Waals surface area contributed by atoms with Crippen molar-refractivity contribution in [3.05, 3.63) is 64.7 Å². The molecule has 0 aromatic heterocycles. The lowest BCUT2D eigenvalue weighted by molar-refractivity contribution is -0.131. The average Bonchev–Trinajstić information content (AvgIpc) is 2.54. The van der Waals surface area contributed by atoms with Gasteiger partial charge in [0.25, 0.3) is 5.91 Å². The lowest BCUT2D eigenvalue weighted by atomic mass is 9.98. The van der Waals surface area contributed by atoms with E-state index in [9.17, 15) is 14.4 Å².